The van der Waals surface area contributed by atoms with E-state index in [0.717, 1.165) is 22.9 Å². The van der Waals surface area contributed by atoms with E-state index in [1.54, 1.807) is 0 Å². The molecule has 0 atom stereocenters. The zero-order chi connectivity index (χ0) is 15.3. The molecule has 0 saturated carbocycles. The number of carbonyl (C=O) groups excluding carboxylic acids is 1. The third kappa shape index (κ3) is 3.91. The molecule has 0 heterocycles. The number of rotatable bonds is 6. The summed E-state index contributed by atoms with van der Waals surface area (Å²) in [5.41, 5.74) is 5.49. The first-order valence-corrected chi connectivity index (χ1v) is 7.51. The van der Waals surface area contributed by atoms with Crippen molar-refractivity contribution in [3.8, 4) is 0 Å². The first-order valence-electron chi connectivity index (χ1n) is 6.07. The van der Waals surface area contributed by atoms with Gasteiger partial charge < -0.3 is 11.1 Å². The summed E-state index contributed by atoms with van der Waals surface area (Å²) >= 11 is 0. The van der Waals surface area contributed by atoms with E-state index in [1.165, 1.54) is 13.1 Å². The van der Waals surface area contributed by atoms with Crippen molar-refractivity contribution in [1.29, 1.82) is 0 Å². The number of anilines is 1. The van der Waals surface area contributed by atoms with Crippen molar-refractivity contribution in [3.05, 3.63) is 24.0 Å². The number of nitrogen functional groups attached to an aromatic ring is 1. The minimum atomic E-state index is -4.00. The molecule has 1 aromatic carbocycles. The molecule has 0 spiro atoms. The molecule has 0 unspecified atom stereocenters. The van der Waals surface area contributed by atoms with Crippen LogP contribution in [0.5, 0.6) is 0 Å². The number of hydrogen-bond acceptors (Lipinski definition) is 4. The number of likely N-dealkylation sites (N-methyl/N-ethyl adjacent to an activating group) is 1. The van der Waals surface area contributed by atoms with E-state index in [9.17, 15) is 17.6 Å². The van der Waals surface area contributed by atoms with Gasteiger partial charge in [-0.1, -0.05) is 6.92 Å². The number of hydrogen-bond donors (Lipinski definition) is 2. The lowest BCUT2D eigenvalue weighted by molar-refractivity contribution is -0.121. The van der Waals surface area contributed by atoms with Crippen LogP contribution < -0.4 is 11.1 Å². The second-order valence-electron chi connectivity index (χ2n) is 4.29. The monoisotopic (exact) mass is 303 g/mol. The van der Waals surface area contributed by atoms with E-state index in [4.69, 9.17) is 5.73 Å². The van der Waals surface area contributed by atoms with Crippen molar-refractivity contribution in [2.45, 2.75) is 18.2 Å². The summed E-state index contributed by atoms with van der Waals surface area (Å²) in [6.45, 7) is 2.00. The van der Waals surface area contributed by atoms with Crippen LogP contribution in [0, 0.1) is 5.82 Å². The van der Waals surface area contributed by atoms with Crippen LogP contribution in [-0.2, 0) is 14.8 Å². The van der Waals surface area contributed by atoms with Gasteiger partial charge >= 0.3 is 0 Å². The Hall–Kier alpha value is -1.67. The lowest BCUT2D eigenvalue weighted by Gasteiger charge is -2.18. The standard InChI is InChI=1S/C12H18FN3O3S/c1-3-6-15-12(17)8-16(2)20(18,19)11-7-9(13)4-5-10(11)14/h4-5,7H,3,6,8,14H2,1-2H3,(H,15,17). The number of nitrogens with two attached hydrogens (primary N) is 1. The van der Waals surface area contributed by atoms with Crippen LogP contribution in [0.3, 0.4) is 0 Å². The molecule has 8 heteroatoms. The summed E-state index contributed by atoms with van der Waals surface area (Å²) in [4.78, 5) is 11.2. The molecule has 0 aliphatic carbocycles. The minimum absolute atomic E-state index is 0.0628. The molecule has 0 aliphatic heterocycles. The van der Waals surface area contributed by atoms with E-state index in [1.807, 2.05) is 6.92 Å². The fourth-order valence-corrected chi connectivity index (χ4v) is 2.76. The normalized spacial score (nSPS) is 11.6. The molecule has 0 aromatic heterocycles. The van der Waals surface area contributed by atoms with Crippen LogP contribution in [0.2, 0.25) is 0 Å². The number of carbonyl (C=O) groups is 1. The Morgan fingerprint density at radius 3 is 2.70 bits per heavy atom. The van der Waals surface area contributed by atoms with E-state index >= 15 is 0 Å². The van der Waals surface area contributed by atoms with Gasteiger partial charge in [0.1, 0.15) is 10.7 Å². The van der Waals surface area contributed by atoms with E-state index in [2.05, 4.69) is 5.32 Å². The van der Waals surface area contributed by atoms with Gasteiger partial charge in [0.2, 0.25) is 15.9 Å². The lowest BCUT2D eigenvalue weighted by atomic mass is 10.3. The molecule has 0 aliphatic rings. The molecule has 1 aromatic rings. The van der Waals surface area contributed by atoms with Crippen LogP contribution >= 0.6 is 0 Å². The molecule has 3 N–H and O–H groups in total. The highest BCUT2D eigenvalue weighted by atomic mass is 32.2. The van der Waals surface area contributed by atoms with Crippen LogP contribution in [0.25, 0.3) is 0 Å². The Morgan fingerprint density at radius 1 is 1.45 bits per heavy atom. The summed E-state index contributed by atoms with van der Waals surface area (Å²) in [6, 6.07) is 3.08. The van der Waals surface area contributed by atoms with Crippen LogP contribution in [-0.4, -0.2) is 38.8 Å². The third-order valence-electron chi connectivity index (χ3n) is 2.60. The maximum Gasteiger partial charge on any atom is 0.245 e. The molecule has 0 bridgehead atoms. The fraction of sp³-hybridized carbons (Fsp3) is 0.417. The Bertz CT molecular complexity index is 590. The average molecular weight is 303 g/mol. The Labute approximate surface area is 117 Å². The van der Waals surface area contributed by atoms with Gasteiger partial charge in [0.25, 0.3) is 0 Å². The summed E-state index contributed by atoms with van der Waals surface area (Å²) in [5, 5.41) is 2.56. The average Bonchev–Trinajstić information content (AvgIpc) is 2.38. The van der Waals surface area contributed by atoms with E-state index in [-0.39, 0.29) is 17.1 Å². The predicted octanol–water partition coefficient (Wildman–Crippen LogP) is 0.555. The predicted molar refractivity (Wildman–Crippen MR) is 73.9 cm³/mol. The lowest BCUT2D eigenvalue weighted by Crippen LogP contribution is -2.38. The number of nitrogens with zero attached hydrogens (tertiary/aromatic N) is 1. The Kier molecular flexibility index (Phi) is 5.46. The van der Waals surface area contributed by atoms with Crippen molar-refractivity contribution < 1.29 is 17.6 Å². The third-order valence-corrected chi connectivity index (χ3v) is 4.46. The number of halogens is 1. The topological polar surface area (TPSA) is 92.5 Å². The van der Waals surface area contributed by atoms with Gasteiger partial charge in [0.15, 0.2) is 0 Å². The fourth-order valence-electron chi connectivity index (χ4n) is 1.51. The highest BCUT2D eigenvalue weighted by Crippen LogP contribution is 2.22. The SMILES string of the molecule is CCCNC(=O)CN(C)S(=O)(=O)c1cc(F)ccc1N. The van der Waals surface area contributed by atoms with Gasteiger partial charge in [-0.3, -0.25) is 4.79 Å². The second-order valence-corrected chi connectivity index (χ2v) is 6.31. The molecule has 0 saturated heterocycles. The molecule has 112 valence electrons. The van der Waals surface area contributed by atoms with E-state index in [0.29, 0.717) is 6.54 Å². The smallest absolute Gasteiger partial charge is 0.245 e. The van der Waals surface area contributed by atoms with Crippen molar-refractivity contribution in [2.75, 3.05) is 25.9 Å². The van der Waals surface area contributed by atoms with Gasteiger partial charge in [-0.15, -0.1) is 0 Å². The first kappa shape index (κ1) is 16.4. The van der Waals surface area contributed by atoms with Crippen molar-refractivity contribution in [2.24, 2.45) is 0 Å². The molecular formula is C12H18FN3O3S. The van der Waals surface area contributed by atoms with Gasteiger partial charge in [0, 0.05) is 13.6 Å². The van der Waals surface area contributed by atoms with E-state index < -0.39 is 21.7 Å². The van der Waals surface area contributed by atoms with Crippen molar-refractivity contribution in [3.63, 3.8) is 0 Å². The minimum Gasteiger partial charge on any atom is -0.398 e. The summed E-state index contributed by atoms with van der Waals surface area (Å²) in [7, 11) is -2.76. The van der Waals surface area contributed by atoms with Crippen molar-refractivity contribution >= 4 is 21.6 Å². The molecule has 1 rings (SSSR count). The molecule has 0 fully saturated rings. The molecule has 20 heavy (non-hydrogen) atoms. The molecule has 0 radical (unpaired) electrons. The maximum atomic E-state index is 13.2. The summed E-state index contributed by atoms with van der Waals surface area (Å²) < 4.78 is 38.4. The number of sulfonamides is 1. The largest absolute Gasteiger partial charge is 0.398 e. The first-order chi connectivity index (χ1) is 9.28. The zero-order valence-corrected chi connectivity index (χ0v) is 12.2. The van der Waals surface area contributed by atoms with Gasteiger partial charge in [-0.2, -0.15) is 4.31 Å². The Balaban J connectivity index is 2.93. The number of benzene rings is 1. The number of amides is 1. The summed E-state index contributed by atoms with van der Waals surface area (Å²) in [6.07, 6.45) is 0.749. The molecule has 6 nitrogen and oxygen atoms in total. The summed E-state index contributed by atoms with van der Waals surface area (Å²) in [5.74, 6) is -1.13. The van der Waals surface area contributed by atoms with Gasteiger partial charge in [-0.25, -0.2) is 12.8 Å². The number of nitrogens with one attached hydrogen (secondary N) is 1. The second kappa shape index (κ2) is 6.67. The van der Waals surface area contributed by atoms with Crippen molar-refractivity contribution in [1.82, 2.24) is 9.62 Å². The molecule has 1 amide bonds. The van der Waals surface area contributed by atoms with Crippen LogP contribution in [0.15, 0.2) is 23.1 Å². The highest BCUT2D eigenvalue weighted by molar-refractivity contribution is 7.89. The quantitative estimate of drug-likeness (QED) is 0.751. The van der Waals surface area contributed by atoms with Gasteiger partial charge in [-0.05, 0) is 24.6 Å². The van der Waals surface area contributed by atoms with Crippen LogP contribution in [0.4, 0.5) is 10.1 Å². The maximum absolute atomic E-state index is 13.2. The molecular weight excluding hydrogens is 285 g/mol. The van der Waals surface area contributed by atoms with Gasteiger partial charge in [0.05, 0.1) is 12.2 Å². The Morgan fingerprint density at radius 2 is 2.10 bits per heavy atom. The highest BCUT2D eigenvalue weighted by Gasteiger charge is 2.25. The zero-order valence-electron chi connectivity index (χ0n) is 11.4. The van der Waals surface area contributed by atoms with Crippen LogP contribution in [0.1, 0.15) is 13.3 Å².